The molecule has 3 aliphatic rings. The molecule has 0 N–H and O–H groups in total. The predicted octanol–water partition coefficient (Wildman–Crippen LogP) is 2.53. The van der Waals surface area contributed by atoms with E-state index in [1.165, 1.54) is 12.8 Å². The van der Waals surface area contributed by atoms with Gasteiger partial charge in [-0.3, -0.25) is 14.1 Å². The summed E-state index contributed by atoms with van der Waals surface area (Å²) in [5.74, 6) is 1.14. The lowest BCUT2D eigenvalue weighted by molar-refractivity contribution is -0.131. The fraction of sp³-hybridized carbons (Fsp3) is 0.947. The highest BCUT2D eigenvalue weighted by molar-refractivity contribution is 5.76. The van der Waals surface area contributed by atoms with Crippen LogP contribution in [0.25, 0.3) is 0 Å². The van der Waals surface area contributed by atoms with Crippen molar-refractivity contribution in [2.75, 3.05) is 53.0 Å². The third-order valence-corrected chi connectivity index (χ3v) is 6.37. The molecule has 3 rings (SSSR count). The minimum atomic E-state index is -0.189. The van der Waals surface area contributed by atoms with Crippen LogP contribution < -0.4 is 0 Å². The van der Waals surface area contributed by atoms with E-state index >= 15 is 0 Å². The van der Waals surface area contributed by atoms with Crippen molar-refractivity contribution in [3.05, 3.63) is 0 Å². The van der Waals surface area contributed by atoms with Gasteiger partial charge >= 0.3 is 0 Å². The van der Waals surface area contributed by atoms with Crippen molar-refractivity contribution >= 4 is 5.91 Å². The van der Waals surface area contributed by atoms with E-state index < -0.39 is 0 Å². The average molecular weight is 339 g/mol. The van der Waals surface area contributed by atoms with E-state index in [1.807, 2.05) is 0 Å². The van der Waals surface area contributed by atoms with Crippen molar-refractivity contribution in [2.45, 2.75) is 56.9 Å². The predicted molar refractivity (Wildman–Crippen MR) is 94.8 cm³/mol. The summed E-state index contributed by atoms with van der Waals surface area (Å²) in [7, 11) is 2.24. The maximum Gasteiger partial charge on any atom is 0.222 e. The number of likely N-dealkylation sites (N-methyl/N-ethyl adjacent to an activating group) is 1. The molecule has 0 aromatic rings. The van der Waals surface area contributed by atoms with Crippen molar-refractivity contribution in [3.8, 4) is 0 Å². The second-order valence-electron chi connectivity index (χ2n) is 8.20. The maximum absolute atomic E-state index is 12.5. The fourth-order valence-corrected chi connectivity index (χ4v) is 4.38. The summed E-state index contributed by atoms with van der Waals surface area (Å²) in [6.45, 7) is 6.07. The van der Waals surface area contributed by atoms with E-state index in [0.29, 0.717) is 18.7 Å². The first kappa shape index (κ1) is 18.1. The molecule has 2 aliphatic heterocycles. The molecule has 1 aliphatic carbocycles. The first-order chi connectivity index (χ1) is 11.6. The van der Waals surface area contributed by atoms with E-state index in [9.17, 15) is 9.18 Å². The van der Waals surface area contributed by atoms with Gasteiger partial charge in [-0.1, -0.05) is 0 Å². The summed E-state index contributed by atoms with van der Waals surface area (Å²) in [5, 5.41) is 0. The summed E-state index contributed by atoms with van der Waals surface area (Å²) in [5.41, 5.74) is 0.159. The Hall–Kier alpha value is -0.680. The Morgan fingerprint density at radius 2 is 1.96 bits per heavy atom. The minimum Gasteiger partial charge on any atom is -0.342 e. The summed E-state index contributed by atoms with van der Waals surface area (Å²) < 4.78 is 12.3. The molecule has 5 heteroatoms. The minimum absolute atomic E-state index is 0.159. The number of carbonyl (C=O) groups excluding carboxylic acids is 1. The zero-order valence-electron chi connectivity index (χ0n) is 15.3. The number of rotatable bonds is 7. The fourth-order valence-electron chi connectivity index (χ4n) is 4.38. The van der Waals surface area contributed by atoms with Gasteiger partial charge in [0.2, 0.25) is 5.91 Å². The molecule has 0 aromatic heterocycles. The number of likely N-dealkylation sites (tertiary alicyclic amines) is 1. The van der Waals surface area contributed by atoms with Gasteiger partial charge in [-0.05, 0) is 64.5 Å². The molecule has 1 atom stereocenters. The van der Waals surface area contributed by atoms with Crippen molar-refractivity contribution < 1.29 is 9.18 Å². The first-order valence-corrected chi connectivity index (χ1v) is 9.90. The molecule has 1 amide bonds. The van der Waals surface area contributed by atoms with Crippen LogP contribution in [-0.4, -0.2) is 79.1 Å². The van der Waals surface area contributed by atoms with Crippen LogP contribution in [0.5, 0.6) is 0 Å². The van der Waals surface area contributed by atoms with E-state index in [4.69, 9.17) is 0 Å². The van der Waals surface area contributed by atoms with Crippen molar-refractivity contribution in [1.82, 2.24) is 14.7 Å². The van der Waals surface area contributed by atoms with Crippen LogP contribution in [0, 0.1) is 5.92 Å². The highest BCUT2D eigenvalue weighted by Crippen LogP contribution is 2.35. The zero-order valence-corrected chi connectivity index (χ0v) is 15.3. The van der Waals surface area contributed by atoms with Crippen LogP contribution in [0.4, 0.5) is 4.39 Å². The molecule has 1 unspecified atom stereocenters. The molecule has 1 spiro atoms. The SMILES string of the molecule is CN1CCN(CCCCCF)CC12CCC(=O)N(CC1CC1)CC2. The Morgan fingerprint density at radius 1 is 1.12 bits per heavy atom. The number of halogens is 1. The number of carbonyl (C=O) groups is 1. The lowest BCUT2D eigenvalue weighted by Crippen LogP contribution is -2.61. The number of alkyl halides is 1. The average Bonchev–Trinajstić information content (AvgIpc) is 3.40. The third-order valence-electron chi connectivity index (χ3n) is 6.37. The number of amides is 1. The lowest BCUT2D eigenvalue weighted by atomic mass is 9.86. The summed E-state index contributed by atoms with van der Waals surface area (Å²) in [6, 6.07) is 0. The van der Waals surface area contributed by atoms with Crippen molar-refractivity contribution in [2.24, 2.45) is 5.92 Å². The Morgan fingerprint density at radius 3 is 2.71 bits per heavy atom. The molecule has 4 nitrogen and oxygen atoms in total. The van der Waals surface area contributed by atoms with Crippen LogP contribution in [0.3, 0.4) is 0 Å². The summed E-state index contributed by atoms with van der Waals surface area (Å²) >= 11 is 0. The standard InChI is InChI=1S/C19H34FN3O/c1-21-13-14-22(11-4-2-3-10-20)16-19(21)8-7-18(24)23(12-9-19)15-17-5-6-17/h17H,2-16H2,1H3. The van der Waals surface area contributed by atoms with Crippen molar-refractivity contribution in [3.63, 3.8) is 0 Å². The highest BCUT2D eigenvalue weighted by Gasteiger charge is 2.42. The van der Waals surface area contributed by atoms with Gasteiger partial charge in [-0.25, -0.2) is 0 Å². The molecule has 1 saturated carbocycles. The van der Waals surface area contributed by atoms with Gasteiger partial charge in [0.25, 0.3) is 0 Å². The first-order valence-electron chi connectivity index (χ1n) is 9.90. The number of unbranched alkanes of at least 4 members (excludes halogenated alkanes) is 2. The molecule has 24 heavy (non-hydrogen) atoms. The van der Waals surface area contributed by atoms with Crippen molar-refractivity contribution in [1.29, 1.82) is 0 Å². The Bertz CT molecular complexity index is 429. The van der Waals surface area contributed by atoms with E-state index in [1.54, 1.807) is 0 Å². The normalized spacial score (nSPS) is 30.1. The zero-order chi connectivity index (χ0) is 17.0. The molecular formula is C19H34FN3O. The molecule has 138 valence electrons. The van der Waals surface area contributed by atoms with Gasteiger partial charge in [-0.2, -0.15) is 0 Å². The molecular weight excluding hydrogens is 305 g/mol. The van der Waals surface area contributed by atoms with Gasteiger partial charge in [0, 0.05) is 44.7 Å². The van der Waals surface area contributed by atoms with Crippen LogP contribution in [-0.2, 0) is 4.79 Å². The Balaban J connectivity index is 1.56. The quantitative estimate of drug-likeness (QED) is 0.667. The van der Waals surface area contributed by atoms with Crippen LogP contribution in [0.2, 0.25) is 0 Å². The van der Waals surface area contributed by atoms with Crippen LogP contribution in [0.15, 0.2) is 0 Å². The van der Waals surface area contributed by atoms with Gasteiger partial charge < -0.3 is 9.80 Å². The lowest BCUT2D eigenvalue weighted by Gasteiger charge is -2.49. The van der Waals surface area contributed by atoms with E-state index in [0.717, 1.165) is 70.9 Å². The monoisotopic (exact) mass is 339 g/mol. The molecule has 3 fully saturated rings. The Labute approximate surface area is 146 Å². The number of nitrogens with zero attached hydrogens (tertiary/aromatic N) is 3. The highest BCUT2D eigenvalue weighted by atomic mass is 19.1. The van der Waals surface area contributed by atoms with Gasteiger partial charge in [-0.15, -0.1) is 0 Å². The molecule has 0 radical (unpaired) electrons. The Kier molecular flexibility index (Phi) is 6.14. The smallest absolute Gasteiger partial charge is 0.222 e. The van der Waals surface area contributed by atoms with Crippen LogP contribution >= 0.6 is 0 Å². The largest absolute Gasteiger partial charge is 0.342 e. The third kappa shape index (κ3) is 4.48. The topological polar surface area (TPSA) is 26.8 Å². The molecule has 0 aromatic carbocycles. The summed E-state index contributed by atoms with van der Waals surface area (Å²) in [4.78, 5) is 19.7. The number of hydrogen-bond donors (Lipinski definition) is 0. The molecule has 2 saturated heterocycles. The second kappa shape index (κ2) is 8.13. The van der Waals surface area contributed by atoms with E-state index in [2.05, 4.69) is 21.7 Å². The second-order valence-corrected chi connectivity index (χ2v) is 8.20. The van der Waals surface area contributed by atoms with Gasteiger partial charge in [0.05, 0.1) is 6.67 Å². The number of piperazine rings is 1. The summed E-state index contributed by atoms with van der Waals surface area (Å²) in [6.07, 6.45) is 8.19. The van der Waals surface area contributed by atoms with Crippen LogP contribution in [0.1, 0.15) is 51.4 Å². The maximum atomic E-state index is 12.5. The number of hydrogen-bond acceptors (Lipinski definition) is 3. The van der Waals surface area contributed by atoms with Gasteiger partial charge in [0.1, 0.15) is 0 Å². The molecule has 0 bridgehead atoms. The molecule has 2 heterocycles. The van der Waals surface area contributed by atoms with E-state index in [-0.39, 0.29) is 12.2 Å². The van der Waals surface area contributed by atoms with Gasteiger partial charge in [0.15, 0.2) is 0 Å².